The minimum atomic E-state index is -0.562. The number of benzene rings is 2. The molecule has 2 N–H and O–H groups in total. The Morgan fingerprint density at radius 2 is 1.86 bits per heavy atom. The lowest BCUT2D eigenvalue weighted by Gasteiger charge is -2.23. The number of alkyl carbamates (subject to hydrolysis) is 1. The zero-order chi connectivity index (χ0) is 15.5. The highest BCUT2D eigenvalue weighted by Crippen LogP contribution is 2.20. The van der Waals surface area contributed by atoms with Crippen molar-refractivity contribution < 1.29 is 14.6 Å². The molecule has 0 saturated heterocycles. The van der Waals surface area contributed by atoms with Crippen LogP contribution in [0.1, 0.15) is 32.4 Å². The van der Waals surface area contributed by atoms with Gasteiger partial charge in [0, 0.05) is 0 Å². The fourth-order valence-electron chi connectivity index (χ4n) is 2.11. The SMILES string of the molecule is CC(C)(C)OC(=O)NC(CO)c1ccc2ccccc2c1. The summed E-state index contributed by atoms with van der Waals surface area (Å²) in [6, 6.07) is 13.3. The van der Waals surface area contributed by atoms with Crippen molar-refractivity contribution in [2.24, 2.45) is 0 Å². The van der Waals surface area contributed by atoms with E-state index < -0.39 is 17.7 Å². The van der Waals surface area contributed by atoms with Crippen molar-refractivity contribution in [3.63, 3.8) is 0 Å². The number of hydrogen-bond acceptors (Lipinski definition) is 3. The number of aliphatic hydroxyl groups is 1. The minimum absolute atomic E-state index is 0.183. The van der Waals surface area contributed by atoms with E-state index in [9.17, 15) is 9.90 Å². The van der Waals surface area contributed by atoms with Crippen LogP contribution in [0, 0.1) is 0 Å². The maximum atomic E-state index is 11.8. The van der Waals surface area contributed by atoms with Crippen molar-refractivity contribution in [3.05, 3.63) is 48.0 Å². The van der Waals surface area contributed by atoms with Gasteiger partial charge in [-0.25, -0.2) is 4.79 Å². The number of carbonyl (C=O) groups excluding carboxylic acids is 1. The van der Waals surface area contributed by atoms with Crippen LogP contribution < -0.4 is 5.32 Å². The highest BCUT2D eigenvalue weighted by atomic mass is 16.6. The summed E-state index contributed by atoms with van der Waals surface area (Å²) in [5.41, 5.74) is 0.287. The van der Waals surface area contributed by atoms with Gasteiger partial charge >= 0.3 is 6.09 Å². The first kappa shape index (κ1) is 15.3. The molecule has 1 unspecified atom stereocenters. The molecule has 112 valence electrons. The summed E-state index contributed by atoms with van der Waals surface area (Å²) >= 11 is 0. The molecule has 1 amide bonds. The summed E-state index contributed by atoms with van der Waals surface area (Å²) in [4.78, 5) is 11.8. The molecule has 0 saturated carbocycles. The normalized spacial score (nSPS) is 13.0. The zero-order valence-corrected chi connectivity index (χ0v) is 12.6. The molecule has 2 aromatic rings. The van der Waals surface area contributed by atoms with Crippen LogP contribution in [0.25, 0.3) is 10.8 Å². The van der Waals surface area contributed by atoms with Crippen LogP contribution in [-0.2, 0) is 4.74 Å². The number of amides is 1. The van der Waals surface area contributed by atoms with Gasteiger partial charge in [-0.3, -0.25) is 0 Å². The Morgan fingerprint density at radius 1 is 1.19 bits per heavy atom. The number of ether oxygens (including phenoxy) is 1. The molecule has 0 aliphatic heterocycles. The average Bonchev–Trinajstić information content (AvgIpc) is 2.42. The van der Waals surface area contributed by atoms with Crippen molar-refractivity contribution >= 4 is 16.9 Å². The van der Waals surface area contributed by atoms with Crippen LogP contribution in [0.2, 0.25) is 0 Å². The molecule has 0 aliphatic carbocycles. The Balaban J connectivity index is 2.17. The lowest BCUT2D eigenvalue weighted by atomic mass is 10.0. The third-order valence-corrected chi connectivity index (χ3v) is 3.05. The average molecular weight is 287 g/mol. The van der Waals surface area contributed by atoms with Crippen molar-refractivity contribution in [1.82, 2.24) is 5.32 Å². The van der Waals surface area contributed by atoms with Crippen molar-refractivity contribution in [3.8, 4) is 0 Å². The summed E-state index contributed by atoms with van der Waals surface area (Å²) in [7, 11) is 0. The maximum Gasteiger partial charge on any atom is 0.408 e. The first-order valence-electron chi connectivity index (χ1n) is 6.98. The molecule has 21 heavy (non-hydrogen) atoms. The number of nitrogens with one attached hydrogen (secondary N) is 1. The predicted octanol–water partition coefficient (Wildman–Crippen LogP) is 3.40. The Hall–Kier alpha value is -2.07. The van der Waals surface area contributed by atoms with Crippen LogP contribution >= 0.6 is 0 Å². The number of rotatable bonds is 3. The van der Waals surface area contributed by atoms with Crippen molar-refractivity contribution in [2.75, 3.05) is 6.61 Å². The maximum absolute atomic E-state index is 11.8. The Morgan fingerprint density at radius 3 is 2.48 bits per heavy atom. The summed E-state index contributed by atoms with van der Waals surface area (Å²) < 4.78 is 5.22. The van der Waals surface area contributed by atoms with Crippen LogP contribution in [0.3, 0.4) is 0 Å². The van der Waals surface area contributed by atoms with Crippen LogP contribution in [0.5, 0.6) is 0 Å². The highest BCUT2D eigenvalue weighted by molar-refractivity contribution is 5.83. The summed E-state index contributed by atoms with van der Waals surface area (Å²) in [5, 5.41) is 14.4. The summed E-state index contributed by atoms with van der Waals surface area (Å²) in [6.07, 6.45) is -0.533. The second-order valence-electron chi connectivity index (χ2n) is 5.99. The molecule has 2 aromatic carbocycles. The summed E-state index contributed by atoms with van der Waals surface area (Å²) in [5.74, 6) is 0. The second kappa shape index (κ2) is 6.14. The van der Waals surface area contributed by atoms with E-state index in [1.165, 1.54) is 0 Å². The molecule has 0 heterocycles. The van der Waals surface area contributed by atoms with E-state index in [4.69, 9.17) is 4.74 Å². The number of aliphatic hydroxyl groups excluding tert-OH is 1. The van der Waals surface area contributed by atoms with E-state index in [-0.39, 0.29) is 6.61 Å². The van der Waals surface area contributed by atoms with Gasteiger partial charge in [0.05, 0.1) is 12.6 Å². The molecule has 0 aliphatic rings. The lowest BCUT2D eigenvalue weighted by molar-refractivity contribution is 0.0482. The van der Waals surface area contributed by atoms with Gasteiger partial charge in [0.15, 0.2) is 0 Å². The van der Waals surface area contributed by atoms with Gasteiger partial charge in [0.2, 0.25) is 0 Å². The molecule has 2 rings (SSSR count). The van der Waals surface area contributed by atoms with Crippen LogP contribution in [-0.4, -0.2) is 23.4 Å². The first-order chi connectivity index (χ1) is 9.89. The number of carbonyl (C=O) groups is 1. The van der Waals surface area contributed by atoms with Crippen LogP contribution in [0.15, 0.2) is 42.5 Å². The molecule has 0 bridgehead atoms. The van der Waals surface area contributed by atoms with E-state index in [1.807, 2.05) is 42.5 Å². The third kappa shape index (κ3) is 4.20. The Bertz CT molecular complexity index is 631. The number of fused-ring (bicyclic) bond motifs is 1. The lowest BCUT2D eigenvalue weighted by Crippen LogP contribution is -2.36. The molecule has 0 aromatic heterocycles. The van der Waals surface area contributed by atoms with Crippen molar-refractivity contribution in [1.29, 1.82) is 0 Å². The molecule has 0 spiro atoms. The van der Waals surface area contributed by atoms with Gasteiger partial charge in [0.1, 0.15) is 5.60 Å². The van der Waals surface area contributed by atoms with Gasteiger partial charge in [-0.15, -0.1) is 0 Å². The second-order valence-corrected chi connectivity index (χ2v) is 5.99. The van der Waals surface area contributed by atoms with E-state index >= 15 is 0 Å². The quantitative estimate of drug-likeness (QED) is 0.909. The highest BCUT2D eigenvalue weighted by Gasteiger charge is 2.20. The van der Waals surface area contributed by atoms with Gasteiger partial charge in [-0.05, 0) is 43.2 Å². The number of hydrogen-bond donors (Lipinski definition) is 2. The minimum Gasteiger partial charge on any atom is -0.444 e. The van der Waals surface area contributed by atoms with Crippen molar-refractivity contribution in [2.45, 2.75) is 32.4 Å². The molecular weight excluding hydrogens is 266 g/mol. The molecule has 0 fully saturated rings. The Kier molecular flexibility index (Phi) is 4.48. The smallest absolute Gasteiger partial charge is 0.408 e. The van der Waals surface area contributed by atoms with E-state index in [1.54, 1.807) is 20.8 Å². The molecule has 1 atom stereocenters. The fourth-order valence-corrected chi connectivity index (χ4v) is 2.11. The van der Waals surface area contributed by atoms with E-state index in [0.717, 1.165) is 16.3 Å². The first-order valence-corrected chi connectivity index (χ1v) is 6.98. The Labute approximate surface area is 124 Å². The van der Waals surface area contributed by atoms with Gasteiger partial charge in [-0.2, -0.15) is 0 Å². The monoisotopic (exact) mass is 287 g/mol. The molecular formula is C17H21NO3. The largest absolute Gasteiger partial charge is 0.444 e. The van der Waals surface area contributed by atoms with Gasteiger partial charge < -0.3 is 15.2 Å². The van der Waals surface area contributed by atoms with E-state index in [2.05, 4.69) is 5.32 Å². The van der Waals surface area contributed by atoms with Gasteiger partial charge in [0.25, 0.3) is 0 Å². The topological polar surface area (TPSA) is 58.6 Å². The fraction of sp³-hybridized carbons (Fsp3) is 0.353. The molecule has 0 radical (unpaired) electrons. The predicted molar refractivity (Wildman–Crippen MR) is 83.1 cm³/mol. The standard InChI is InChI=1S/C17H21NO3/c1-17(2,3)21-16(20)18-15(11-19)14-9-8-12-6-4-5-7-13(12)10-14/h4-10,15,19H,11H2,1-3H3,(H,18,20). The van der Waals surface area contributed by atoms with Gasteiger partial charge in [-0.1, -0.05) is 36.4 Å². The molecule has 4 heteroatoms. The zero-order valence-electron chi connectivity index (χ0n) is 12.6. The van der Waals surface area contributed by atoms with E-state index in [0.29, 0.717) is 0 Å². The molecule has 4 nitrogen and oxygen atoms in total. The van der Waals surface area contributed by atoms with Crippen LogP contribution in [0.4, 0.5) is 4.79 Å². The summed E-state index contributed by atoms with van der Waals surface area (Å²) in [6.45, 7) is 5.22. The third-order valence-electron chi connectivity index (χ3n) is 3.05.